The minimum absolute atomic E-state index is 0.123. The number of nitrogens with one attached hydrogen (secondary N) is 1. The van der Waals surface area contributed by atoms with Crippen molar-refractivity contribution in [2.24, 2.45) is 5.92 Å². The molecule has 4 atom stereocenters. The van der Waals surface area contributed by atoms with E-state index < -0.39 is 18.2 Å². The van der Waals surface area contributed by atoms with Crippen LogP contribution in [0.5, 0.6) is 0 Å². The van der Waals surface area contributed by atoms with Gasteiger partial charge in [-0.3, -0.25) is 0 Å². The summed E-state index contributed by atoms with van der Waals surface area (Å²) in [6.45, 7) is 5.28. The van der Waals surface area contributed by atoms with Crippen molar-refractivity contribution in [1.29, 1.82) is 0 Å². The maximum atomic E-state index is 9.58. The Labute approximate surface area is 84.7 Å². The van der Waals surface area contributed by atoms with E-state index in [1.807, 2.05) is 19.3 Å². The van der Waals surface area contributed by atoms with Crippen LogP contribution < -0.4 is 5.48 Å². The van der Waals surface area contributed by atoms with Gasteiger partial charge >= 0.3 is 0 Å². The number of rotatable bonds is 6. The standard InChI is InChI=1S/C9H21NO4/c1-5(2)9(14-4)7(10-13)8(12)6(3)11/h5-13H,1-4H3/t6?,7?,8?,9-/m0/s1. The van der Waals surface area contributed by atoms with Crippen LogP contribution in [0.2, 0.25) is 0 Å². The maximum Gasteiger partial charge on any atom is 0.0997 e. The topological polar surface area (TPSA) is 82.0 Å². The van der Waals surface area contributed by atoms with E-state index in [-0.39, 0.29) is 12.0 Å². The summed E-state index contributed by atoms with van der Waals surface area (Å²) in [5.41, 5.74) is 1.98. The third-order valence-corrected chi connectivity index (χ3v) is 2.29. The van der Waals surface area contributed by atoms with Gasteiger partial charge in [-0.05, 0) is 12.8 Å². The molecule has 0 aromatic carbocycles. The van der Waals surface area contributed by atoms with Gasteiger partial charge in [-0.1, -0.05) is 13.8 Å². The van der Waals surface area contributed by atoms with Gasteiger partial charge in [0.25, 0.3) is 0 Å². The molecule has 0 aliphatic heterocycles. The highest BCUT2D eigenvalue weighted by atomic mass is 16.5. The van der Waals surface area contributed by atoms with E-state index in [9.17, 15) is 10.2 Å². The smallest absolute Gasteiger partial charge is 0.0997 e. The maximum absolute atomic E-state index is 9.58. The molecule has 5 nitrogen and oxygen atoms in total. The van der Waals surface area contributed by atoms with Crippen molar-refractivity contribution in [3.05, 3.63) is 0 Å². The fraction of sp³-hybridized carbons (Fsp3) is 1.00. The molecular weight excluding hydrogens is 186 g/mol. The van der Waals surface area contributed by atoms with E-state index in [1.165, 1.54) is 14.0 Å². The first kappa shape index (κ1) is 13.8. The minimum atomic E-state index is -1.06. The van der Waals surface area contributed by atoms with Gasteiger partial charge in [-0.15, -0.1) is 0 Å². The Morgan fingerprint density at radius 3 is 1.86 bits per heavy atom. The Morgan fingerprint density at radius 2 is 1.64 bits per heavy atom. The predicted octanol–water partition coefficient (Wildman–Crippen LogP) is -0.253. The molecule has 5 heteroatoms. The van der Waals surface area contributed by atoms with Crippen molar-refractivity contribution in [2.75, 3.05) is 7.11 Å². The number of ether oxygens (including phenoxy) is 1. The predicted molar refractivity (Wildman–Crippen MR) is 52.0 cm³/mol. The molecule has 0 aliphatic carbocycles. The minimum Gasteiger partial charge on any atom is -0.391 e. The Bertz CT molecular complexity index is 152. The van der Waals surface area contributed by atoms with E-state index in [1.54, 1.807) is 0 Å². The van der Waals surface area contributed by atoms with E-state index in [0.29, 0.717) is 0 Å². The molecule has 0 spiro atoms. The molecule has 0 amide bonds. The molecule has 0 saturated carbocycles. The average molecular weight is 207 g/mol. The van der Waals surface area contributed by atoms with Crippen LogP contribution in [0.3, 0.4) is 0 Å². The van der Waals surface area contributed by atoms with Gasteiger partial charge in [0.2, 0.25) is 0 Å². The molecule has 3 unspecified atom stereocenters. The van der Waals surface area contributed by atoms with Crippen LogP contribution in [0, 0.1) is 5.92 Å². The fourth-order valence-electron chi connectivity index (χ4n) is 1.48. The molecule has 0 radical (unpaired) electrons. The Morgan fingerprint density at radius 1 is 1.14 bits per heavy atom. The highest BCUT2D eigenvalue weighted by Gasteiger charge is 2.32. The molecule has 86 valence electrons. The second-order valence-corrected chi connectivity index (χ2v) is 3.83. The first-order chi connectivity index (χ1) is 6.45. The van der Waals surface area contributed by atoms with Gasteiger partial charge in [0, 0.05) is 7.11 Å². The van der Waals surface area contributed by atoms with Gasteiger partial charge in [0.05, 0.1) is 24.4 Å². The highest BCUT2D eigenvalue weighted by Crippen LogP contribution is 2.14. The summed E-state index contributed by atoms with van der Waals surface area (Å²) in [5, 5.41) is 27.7. The van der Waals surface area contributed by atoms with Crippen molar-refractivity contribution >= 4 is 0 Å². The van der Waals surface area contributed by atoms with Crippen LogP contribution in [0.1, 0.15) is 20.8 Å². The second kappa shape index (κ2) is 6.31. The van der Waals surface area contributed by atoms with Crippen LogP contribution in [0.25, 0.3) is 0 Å². The lowest BCUT2D eigenvalue weighted by molar-refractivity contribution is -0.0912. The molecule has 4 N–H and O–H groups in total. The lowest BCUT2D eigenvalue weighted by Crippen LogP contribution is -2.53. The summed E-state index contributed by atoms with van der Waals surface area (Å²) in [4.78, 5) is 0. The monoisotopic (exact) mass is 207 g/mol. The molecule has 14 heavy (non-hydrogen) atoms. The lowest BCUT2D eigenvalue weighted by atomic mass is 9.93. The van der Waals surface area contributed by atoms with Gasteiger partial charge in [-0.2, -0.15) is 5.48 Å². The zero-order valence-corrected chi connectivity index (χ0v) is 9.14. The average Bonchev–Trinajstić information content (AvgIpc) is 2.11. The third-order valence-electron chi connectivity index (χ3n) is 2.29. The Hall–Kier alpha value is -0.200. The Balaban J connectivity index is 4.50. The molecule has 0 heterocycles. The Kier molecular flexibility index (Phi) is 6.22. The number of hydrogen-bond acceptors (Lipinski definition) is 5. The summed E-state index contributed by atoms with van der Waals surface area (Å²) in [6, 6.07) is -0.694. The number of aliphatic hydroxyl groups excluding tert-OH is 2. The van der Waals surface area contributed by atoms with Gasteiger partial charge in [0.15, 0.2) is 0 Å². The summed E-state index contributed by atoms with van der Waals surface area (Å²) in [6.07, 6.45) is -2.34. The second-order valence-electron chi connectivity index (χ2n) is 3.83. The molecule has 0 aromatic heterocycles. The molecule has 0 bridgehead atoms. The van der Waals surface area contributed by atoms with Crippen molar-refractivity contribution in [3.8, 4) is 0 Å². The lowest BCUT2D eigenvalue weighted by Gasteiger charge is -2.32. The molecule has 0 aliphatic rings. The highest BCUT2D eigenvalue weighted by molar-refractivity contribution is 4.85. The molecule has 0 aromatic rings. The van der Waals surface area contributed by atoms with E-state index in [2.05, 4.69) is 0 Å². The first-order valence-electron chi connectivity index (χ1n) is 4.74. The zero-order chi connectivity index (χ0) is 11.3. The van der Waals surface area contributed by atoms with Crippen LogP contribution in [0.15, 0.2) is 0 Å². The van der Waals surface area contributed by atoms with Gasteiger partial charge in [0.1, 0.15) is 0 Å². The molecule has 0 saturated heterocycles. The number of hydrogen-bond donors (Lipinski definition) is 4. The van der Waals surface area contributed by atoms with Crippen molar-refractivity contribution in [2.45, 2.75) is 45.1 Å². The molecular formula is C9H21NO4. The van der Waals surface area contributed by atoms with E-state index >= 15 is 0 Å². The van der Waals surface area contributed by atoms with Crippen LogP contribution in [-0.4, -0.2) is 46.9 Å². The summed E-state index contributed by atoms with van der Waals surface area (Å²) in [7, 11) is 1.50. The number of aliphatic hydroxyl groups is 2. The number of hydroxylamine groups is 1. The SMILES string of the molecule is CO[C@@H](C(C)C)C(NO)C(O)C(C)O. The summed E-state index contributed by atoms with van der Waals surface area (Å²) >= 11 is 0. The quantitative estimate of drug-likeness (QED) is 0.451. The van der Waals surface area contributed by atoms with Crippen molar-refractivity contribution in [1.82, 2.24) is 5.48 Å². The van der Waals surface area contributed by atoms with Crippen molar-refractivity contribution < 1.29 is 20.2 Å². The largest absolute Gasteiger partial charge is 0.391 e. The van der Waals surface area contributed by atoms with Crippen LogP contribution >= 0.6 is 0 Å². The summed E-state index contributed by atoms with van der Waals surface area (Å²) in [5.74, 6) is 0.123. The fourth-order valence-corrected chi connectivity index (χ4v) is 1.48. The van der Waals surface area contributed by atoms with Gasteiger partial charge in [-0.25, -0.2) is 0 Å². The summed E-state index contributed by atoms with van der Waals surface area (Å²) < 4.78 is 5.14. The van der Waals surface area contributed by atoms with Crippen LogP contribution in [0.4, 0.5) is 0 Å². The van der Waals surface area contributed by atoms with Gasteiger partial charge < -0.3 is 20.2 Å². The van der Waals surface area contributed by atoms with Crippen molar-refractivity contribution in [3.63, 3.8) is 0 Å². The van der Waals surface area contributed by atoms with Crippen LogP contribution in [-0.2, 0) is 4.74 Å². The molecule has 0 rings (SSSR count). The third kappa shape index (κ3) is 3.51. The normalized spacial score (nSPS) is 20.6. The number of methoxy groups -OCH3 is 1. The zero-order valence-electron chi connectivity index (χ0n) is 9.14. The molecule has 0 fully saturated rings. The van der Waals surface area contributed by atoms with E-state index in [4.69, 9.17) is 9.94 Å². The first-order valence-corrected chi connectivity index (χ1v) is 4.74. The van der Waals surface area contributed by atoms with E-state index in [0.717, 1.165) is 0 Å².